The van der Waals surface area contributed by atoms with Gasteiger partial charge in [0.15, 0.2) is 0 Å². The third kappa shape index (κ3) is 3.76. The molecule has 0 unspecified atom stereocenters. The maximum atomic E-state index is 12.8. The van der Waals surface area contributed by atoms with Crippen molar-refractivity contribution in [1.82, 2.24) is 4.98 Å². The SMILES string of the molecule is CC[C@@H](C(=O)Nc1cccc(-c2nc3ccccc3s2)c1)c1ccccc1. The molecule has 0 radical (unpaired) electrons. The highest BCUT2D eigenvalue weighted by Gasteiger charge is 2.18. The molecule has 0 spiro atoms. The minimum Gasteiger partial charge on any atom is -0.326 e. The molecule has 3 nitrogen and oxygen atoms in total. The van der Waals surface area contributed by atoms with Crippen molar-refractivity contribution in [2.75, 3.05) is 5.32 Å². The lowest BCUT2D eigenvalue weighted by atomic mass is 9.95. The number of amides is 1. The first-order valence-electron chi connectivity index (χ1n) is 9.06. The van der Waals surface area contributed by atoms with Crippen molar-refractivity contribution >= 4 is 33.1 Å². The van der Waals surface area contributed by atoms with E-state index < -0.39 is 0 Å². The molecule has 4 aromatic rings. The Morgan fingerprint density at radius 3 is 2.56 bits per heavy atom. The van der Waals surface area contributed by atoms with E-state index in [4.69, 9.17) is 4.98 Å². The average molecular weight is 372 g/mol. The number of thiazole rings is 1. The normalized spacial score (nSPS) is 12.0. The Labute approximate surface area is 162 Å². The number of anilines is 1. The number of hydrogen-bond acceptors (Lipinski definition) is 3. The molecular formula is C23H20N2OS. The zero-order valence-electron chi connectivity index (χ0n) is 15.1. The number of para-hydroxylation sites is 1. The van der Waals surface area contributed by atoms with Crippen LogP contribution >= 0.6 is 11.3 Å². The van der Waals surface area contributed by atoms with Crippen molar-refractivity contribution in [2.45, 2.75) is 19.3 Å². The lowest BCUT2D eigenvalue weighted by Gasteiger charge is -2.15. The summed E-state index contributed by atoms with van der Waals surface area (Å²) < 4.78 is 1.16. The van der Waals surface area contributed by atoms with E-state index in [9.17, 15) is 4.79 Å². The fourth-order valence-electron chi connectivity index (χ4n) is 3.21. The maximum absolute atomic E-state index is 12.8. The standard InChI is InChI=1S/C23H20N2OS/c1-2-19(16-9-4-3-5-10-16)22(26)24-18-12-8-11-17(15-18)23-25-20-13-6-7-14-21(20)27-23/h3-15,19H,2H2,1H3,(H,24,26)/t19-/m1/s1. The molecule has 1 heterocycles. The summed E-state index contributed by atoms with van der Waals surface area (Å²) in [6.07, 6.45) is 0.757. The van der Waals surface area contributed by atoms with Gasteiger partial charge in [0.25, 0.3) is 0 Å². The number of carbonyl (C=O) groups is 1. The summed E-state index contributed by atoms with van der Waals surface area (Å²) in [7, 11) is 0. The first kappa shape index (κ1) is 17.4. The summed E-state index contributed by atoms with van der Waals surface area (Å²) >= 11 is 1.66. The minimum atomic E-state index is -0.155. The Morgan fingerprint density at radius 1 is 1.00 bits per heavy atom. The van der Waals surface area contributed by atoms with Gasteiger partial charge < -0.3 is 5.32 Å². The quantitative estimate of drug-likeness (QED) is 0.460. The molecule has 134 valence electrons. The monoisotopic (exact) mass is 372 g/mol. The van der Waals surface area contributed by atoms with E-state index in [1.165, 1.54) is 0 Å². The number of rotatable bonds is 5. The summed E-state index contributed by atoms with van der Waals surface area (Å²) in [4.78, 5) is 17.5. The van der Waals surface area contributed by atoms with Crippen LogP contribution in [0.3, 0.4) is 0 Å². The second-order valence-electron chi connectivity index (χ2n) is 6.43. The van der Waals surface area contributed by atoms with Gasteiger partial charge in [-0.25, -0.2) is 4.98 Å². The zero-order valence-corrected chi connectivity index (χ0v) is 15.9. The highest BCUT2D eigenvalue weighted by Crippen LogP contribution is 2.31. The average Bonchev–Trinajstić information content (AvgIpc) is 3.14. The second-order valence-corrected chi connectivity index (χ2v) is 7.46. The van der Waals surface area contributed by atoms with E-state index in [2.05, 4.69) is 11.4 Å². The van der Waals surface area contributed by atoms with Crippen molar-refractivity contribution in [3.05, 3.63) is 84.4 Å². The van der Waals surface area contributed by atoms with E-state index in [1.54, 1.807) is 11.3 Å². The van der Waals surface area contributed by atoms with Crippen molar-refractivity contribution in [1.29, 1.82) is 0 Å². The van der Waals surface area contributed by atoms with Gasteiger partial charge in [0.05, 0.1) is 16.1 Å². The zero-order chi connectivity index (χ0) is 18.6. The second kappa shape index (κ2) is 7.72. The fraction of sp³-hybridized carbons (Fsp3) is 0.130. The Kier molecular flexibility index (Phi) is 4.99. The molecule has 0 aliphatic rings. The van der Waals surface area contributed by atoms with Crippen molar-refractivity contribution in [3.8, 4) is 10.6 Å². The molecule has 0 bridgehead atoms. The molecule has 0 fully saturated rings. The van der Waals surface area contributed by atoms with Crippen LogP contribution in [0.25, 0.3) is 20.8 Å². The van der Waals surface area contributed by atoms with Gasteiger partial charge >= 0.3 is 0 Å². The van der Waals surface area contributed by atoms with Crippen LogP contribution in [0.5, 0.6) is 0 Å². The van der Waals surface area contributed by atoms with E-state index >= 15 is 0 Å². The molecule has 0 saturated carbocycles. The lowest BCUT2D eigenvalue weighted by Crippen LogP contribution is -2.20. The highest BCUT2D eigenvalue weighted by atomic mass is 32.1. The van der Waals surface area contributed by atoms with Gasteiger partial charge in [0, 0.05) is 11.3 Å². The first-order chi connectivity index (χ1) is 13.2. The van der Waals surface area contributed by atoms with Gasteiger partial charge in [-0.15, -0.1) is 11.3 Å². The van der Waals surface area contributed by atoms with Gasteiger partial charge in [0.1, 0.15) is 5.01 Å². The van der Waals surface area contributed by atoms with Gasteiger partial charge in [-0.05, 0) is 36.2 Å². The molecule has 1 atom stereocenters. The van der Waals surface area contributed by atoms with Gasteiger partial charge in [-0.2, -0.15) is 0 Å². The molecule has 27 heavy (non-hydrogen) atoms. The molecule has 1 aromatic heterocycles. The molecule has 4 heteroatoms. The van der Waals surface area contributed by atoms with Gasteiger partial charge in [-0.1, -0.05) is 61.5 Å². The van der Waals surface area contributed by atoms with Crippen LogP contribution in [-0.2, 0) is 4.79 Å². The predicted molar refractivity (Wildman–Crippen MR) is 113 cm³/mol. The number of nitrogens with one attached hydrogen (secondary N) is 1. The predicted octanol–water partition coefficient (Wildman–Crippen LogP) is 6.10. The van der Waals surface area contributed by atoms with E-state index in [-0.39, 0.29) is 11.8 Å². The number of fused-ring (bicyclic) bond motifs is 1. The summed E-state index contributed by atoms with van der Waals surface area (Å²) in [5, 5.41) is 4.03. The van der Waals surface area contributed by atoms with Crippen molar-refractivity contribution in [3.63, 3.8) is 0 Å². The Balaban J connectivity index is 1.58. The largest absolute Gasteiger partial charge is 0.326 e. The van der Waals surface area contributed by atoms with Crippen molar-refractivity contribution in [2.24, 2.45) is 0 Å². The number of aromatic nitrogens is 1. The van der Waals surface area contributed by atoms with Crippen LogP contribution in [0.2, 0.25) is 0 Å². The van der Waals surface area contributed by atoms with Crippen LogP contribution in [0.15, 0.2) is 78.9 Å². The Hall–Kier alpha value is -2.98. The topological polar surface area (TPSA) is 42.0 Å². The molecular weight excluding hydrogens is 352 g/mol. The number of hydrogen-bond donors (Lipinski definition) is 1. The van der Waals surface area contributed by atoms with E-state index in [0.29, 0.717) is 0 Å². The van der Waals surface area contributed by atoms with Crippen LogP contribution in [-0.4, -0.2) is 10.9 Å². The summed E-state index contributed by atoms with van der Waals surface area (Å²) in [5.74, 6) is -0.137. The van der Waals surface area contributed by atoms with Crippen LogP contribution in [0.4, 0.5) is 5.69 Å². The lowest BCUT2D eigenvalue weighted by molar-refractivity contribution is -0.117. The molecule has 1 amide bonds. The Bertz CT molecular complexity index is 1040. The van der Waals surface area contributed by atoms with Gasteiger partial charge in [0.2, 0.25) is 5.91 Å². The van der Waals surface area contributed by atoms with Crippen LogP contribution < -0.4 is 5.32 Å². The van der Waals surface area contributed by atoms with Crippen LogP contribution in [0, 0.1) is 0 Å². The minimum absolute atomic E-state index is 0.0187. The first-order valence-corrected chi connectivity index (χ1v) is 9.88. The Morgan fingerprint density at radius 2 is 1.78 bits per heavy atom. The van der Waals surface area contributed by atoms with E-state index in [1.807, 2.05) is 79.7 Å². The molecule has 0 aliphatic carbocycles. The third-order valence-corrected chi connectivity index (χ3v) is 5.68. The number of carbonyl (C=O) groups excluding carboxylic acids is 1. The van der Waals surface area contributed by atoms with E-state index in [0.717, 1.165) is 38.5 Å². The van der Waals surface area contributed by atoms with Gasteiger partial charge in [-0.3, -0.25) is 4.79 Å². The smallest absolute Gasteiger partial charge is 0.231 e. The summed E-state index contributed by atoms with van der Waals surface area (Å²) in [6, 6.07) is 25.9. The van der Waals surface area contributed by atoms with Crippen LogP contribution in [0.1, 0.15) is 24.8 Å². The maximum Gasteiger partial charge on any atom is 0.231 e. The molecule has 0 saturated heterocycles. The van der Waals surface area contributed by atoms with Crippen molar-refractivity contribution < 1.29 is 4.79 Å². The molecule has 1 N–H and O–H groups in total. The fourth-order valence-corrected chi connectivity index (χ4v) is 4.17. The number of nitrogens with zero attached hydrogens (tertiary/aromatic N) is 1. The summed E-state index contributed by atoms with van der Waals surface area (Å²) in [5.41, 5.74) is 3.86. The highest BCUT2D eigenvalue weighted by molar-refractivity contribution is 7.21. The third-order valence-electron chi connectivity index (χ3n) is 4.60. The molecule has 4 rings (SSSR count). The molecule has 3 aromatic carbocycles. The summed E-state index contributed by atoms with van der Waals surface area (Å²) in [6.45, 7) is 2.04. The molecule has 0 aliphatic heterocycles. The number of benzene rings is 3.